The van der Waals surface area contributed by atoms with Crippen molar-refractivity contribution in [3.05, 3.63) is 70.4 Å². The fraction of sp³-hybridized carbons (Fsp3) is 0.118. The third kappa shape index (κ3) is 4.44. The Labute approximate surface area is 130 Å². The maximum absolute atomic E-state index is 3.83. The number of benzene rings is 1. The second-order valence-corrected chi connectivity index (χ2v) is 4.84. The largest absolute Gasteiger partial charge is 0.387 e. The summed E-state index contributed by atoms with van der Waals surface area (Å²) < 4.78 is 0. The van der Waals surface area contributed by atoms with Crippen LogP contribution < -0.4 is 5.32 Å². The normalized spacial score (nSPS) is 11.5. The van der Waals surface area contributed by atoms with Gasteiger partial charge in [0, 0.05) is 7.05 Å². The van der Waals surface area contributed by atoms with E-state index in [4.69, 9.17) is 0 Å². The number of thiocarbonyl (C=S) groups is 1. The Morgan fingerprint density at radius 3 is 2.35 bits per heavy atom. The fourth-order valence-corrected chi connectivity index (χ4v) is 2.57. The van der Waals surface area contributed by atoms with Crippen molar-refractivity contribution in [3.63, 3.8) is 0 Å². The van der Waals surface area contributed by atoms with Crippen molar-refractivity contribution in [1.82, 2.24) is 5.32 Å². The number of thiophene rings is 1. The lowest BCUT2D eigenvalue weighted by molar-refractivity contribution is 1.14. The molecule has 20 heavy (non-hydrogen) atoms. The molecule has 1 heterocycles. The molecule has 0 bridgehead atoms. The molecule has 0 aliphatic carbocycles. The number of nitrogens with one attached hydrogen (secondary N) is 1. The second kappa shape index (κ2) is 9.23. The molecule has 0 saturated carbocycles. The van der Waals surface area contributed by atoms with Gasteiger partial charge in [0.15, 0.2) is 0 Å². The van der Waals surface area contributed by atoms with Gasteiger partial charge in [-0.05, 0) is 41.5 Å². The first-order chi connectivity index (χ1) is 9.85. The van der Waals surface area contributed by atoms with Gasteiger partial charge in [-0.15, -0.1) is 11.3 Å². The van der Waals surface area contributed by atoms with E-state index >= 15 is 0 Å². The SMILES string of the molecule is C/C=C(\C=C(/NC)c1cccs1)c1ccccc1.C=S. The maximum Gasteiger partial charge on any atom is 0.0518 e. The van der Waals surface area contributed by atoms with Gasteiger partial charge in [0.05, 0.1) is 10.6 Å². The quantitative estimate of drug-likeness (QED) is 0.628. The third-order valence-electron chi connectivity index (χ3n) is 2.77. The minimum Gasteiger partial charge on any atom is -0.387 e. The van der Waals surface area contributed by atoms with E-state index in [1.54, 1.807) is 11.3 Å². The van der Waals surface area contributed by atoms with Crippen LogP contribution in [-0.2, 0) is 0 Å². The first-order valence-electron chi connectivity index (χ1n) is 6.29. The molecule has 2 aromatic rings. The van der Waals surface area contributed by atoms with Crippen LogP contribution in [0.2, 0.25) is 0 Å². The summed E-state index contributed by atoms with van der Waals surface area (Å²) >= 11 is 5.58. The highest BCUT2D eigenvalue weighted by Crippen LogP contribution is 2.23. The lowest BCUT2D eigenvalue weighted by atomic mass is 10.0. The molecular weight excluding hydrogens is 282 g/mol. The Kier molecular flexibility index (Phi) is 7.55. The molecule has 1 aromatic carbocycles. The number of hydrogen-bond donors (Lipinski definition) is 1. The van der Waals surface area contributed by atoms with E-state index in [9.17, 15) is 0 Å². The van der Waals surface area contributed by atoms with Crippen molar-refractivity contribution in [2.75, 3.05) is 7.05 Å². The van der Waals surface area contributed by atoms with Crippen molar-refractivity contribution >= 4 is 40.7 Å². The predicted molar refractivity (Wildman–Crippen MR) is 96.2 cm³/mol. The van der Waals surface area contributed by atoms with Gasteiger partial charge in [-0.1, -0.05) is 54.7 Å². The highest BCUT2D eigenvalue weighted by molar-refractivity contribution is 7.77. The molecule has 0 radical (unpaired) electrons. The minimum atomic E-state index is 1.15. The molecule has 1 aromatic heterocycles. The van der Waals surface area contributed by atoms with Crippen LogP contribution in [0.5, 0.6) is 0 Å². The summed E-state index contributed by atoms with van der Waals surface area (Å²) in [5.74, 6) is 2.83. The van der Waals surface area contributed by atoms with E-state index in [0.29, 0.717) is 0 Å². The molecule has 0 saturated heterocycles. The minimum absolute atomic E-state index is 1.15. The average Bonchev–Trinajstić information content (AvgIpc) is 3.06. The molecule has 104 valence electrons. The molecule has 2 rings (SSSR count). The average molecular weight is 301 g/mol. The summed E-state index contributed by atoms with van der Waals surface area (Å²) in [4.78, 5) is 1.26. The van der Waals surface area contributed by atoms with Gasteiger partial charge in [0.25, 0.3) is 0 Å². The van der Waals surface area contributed by atoms with Crippen LogP contribution in [0.15, 0.2) is 60.0 Å². The van der Waals surface area contributed by atoms with Gasteiger partial charge in [-0.3, -0.25) is 0 Å². The van der Waals surface area contributed by atoms with Crippen molar-refractivity contribution in [2.24, 2.45) is 0 Å². The van der Waals surface area contributed by atoms with E-state index in [-0.39, 0.29) is 0 Å². The summed E-state index contributed by atoms with van der Waals surface area (Å²) in [6, 6.07) is 14.6. The standard InChI is InChI=1S/C16H17NS.CH2S/c1-3-13(14-8-5-4-6-9-14)12-15(17-2)16-10-7-11-18-16;1-2/h3-12,17H,1-2H3;1H2/b13-3+,15-12-;. The molecule has 0 aliphatic rings. The first kappa shape index (κ1) is 16.3. The smallest absolute Gasteiger partial charge is 0.0518 e. The summed E-state index contributed by atoms with van der Waals surface area (Å²) in [7, 11) is 1.96. The first-order valence-corrected chi connectivity index (χ1v) is 7.74. The van der Waals surface area contributed by atoms with Crippen molar-refractivity contribution in [2.45, 2.75) is 6.92 Å². The highest BCUT2D eigenvalue weighted by atomic mass is 32.1. The molecule has 0 spiro atoms. The number of rotatable bonds is 4. The van der Waals surface area contributed by atoms with Gasteiger partial charge < -0.3 is 5.32 Å². The summed E-state index contributed by atoms with van der Waals surface area (Å²) in [6.07, 6.45) is 4.33. The van der Waals surface area contributed by atoms with Crippen LogP contribution in [0.4, 0.5) is 0 Å². The zero-order valence-corrected chi connectivity index (χ0v) is 13.4. The number of hydrogen-bond acceptors (Lipinski definition) is 3. The lowest BCUT2D eigenvalue weighted by Crippen LogP contribution is -2.03. The van der Waals surface area contributed by atoms with Gasteiger partial charge in [0.1, 0.15) is 0 Å². The number of allylic oxidation sites excluding steroid dienone is 3. The van der Waals surface area contributed by atoms with Gasteiger partial charge in [-0.2, -0.15) is 0 Å². The Hall–Kier alpha value is -1.71. The predicted octanol–water partition coefficient (Wildman–Crippen LogP) is 5.03. The van der Waals surface area contributed by atoms with Crippen LogP contribution in [0, 0.1) is 0 Å². The monoisotopic (exact) mass is 301 g/mol. The summed E-state index contributed by atoms with van der Waals surface area (Å²) in [5, 5.41) is 5.37. The van der Waals surface area contributed by atoms with E-state index in [1.165, 1.54) is 16.0 Å². The van der Waals surface area contributed by atoms with Crippen LogP contribution >= 0.6 is 23.6 Å². The van der Waals surface area contributed by atoms with Crippen molar-refractivity contribution in [3.8, 4) is 0 Å². The van der Waals surface area contributed by atoms with Crippen LogP contribution in [0.1, 0.15) is 17.4 Å². The molecule has 0 fully saturated rings. The van der Waals surface area contributed by atoms with Gasteiger partial charge >= 0.3 is 0 Å². The van der Waals surface area contributed by atoms with Gasteiger partial charge in [-0.25, -0.2) is 0 Å². The summed E-state index contributed by atoms with van der Waals surface area (Å²) in [6.45, 7) is 2.07. The van der Waals surface area contributed by atoms with Crippen LogP contribution in [-0.4, -0.2) is 12.9 Å². The zero-order chi connectivity index (χ0) is 14.8. The third-order valence-corrected chi connectivity index (χ3v) is 3.68. The molecule has 1 N–H and O–H groups in total. The Balaban J connectivity index is 0.000000956. The Morgan fingerprint density at radius 2 is 1.85 bits per heavy atom. The molecular formula is C17H19NS2. The van der Waals surface area contributed by atoms with Crippen molar-refractivity contribution in [1.29, 1.82) is 0 Å². The summed E-state index contributed by atoms with van der Waals surface area (Å²) in [5.41, 5.74) is 3.62. The second-order valence-electron chi connectivity index (χ2n) is 3.90. The molecule has 1 nitrogen and oxygen atoms in total. The molecule has 0 aliphatic heterocycles. The topological polar surface area (TPSA) is 12.0 Å². The maximum atomic E-state index is 3.83. The molecule has 0 unspecified atom stereocenters. The Morgan fingerprint density at radius 1 is 1.15 bits per heavy atom. The zero-order valence-electron chi connectivity index (χ0n) is 11.8. The van der Waals surface area contributed by atoms with Crippen molar-refractivity contribution < 1.29 is 0 Å². The fourth-order valence-electron chi connectivity index (χ4n) is 1.82. The van der Waals surface area contributed by atoms with Gasteiger partial charge in [0.2, 0.25) is 0 Å². The molecule has 0 amide bonds. The van der Waals surface area contributed by atoms with E-state index < -0.39 is 0 Å². The van der Waals surface area contributed by atoms with E-state index in [2.05, 4.69) is 84.3 Å². The van der Waals surface area contributed by atoms with Crippen LogP contribution in [0.3, 0.4) is 0 Å². The molecule has 3 heteroatoms. The highest BCUT2D eigenvalue weighted by Gasteiger charge is 2.03. The van der Waals surface area contributed by atoms with E-state index in [0.717, 1.165) is 5.70 Å². The van der Waals surface area contributed by atoms with E-state index in [1.807, 2.05) is 13.1 Å². The lowest BCUT2D eigenvalue weighted by Gasteiger charge is -2.07. The molecule has 0 atom stereocenters. The van der Waals surface area contributed by atoms with Crippen LogP contribution in [0.25, 0.3) is 11.3 Å². The Bertz CT molecular complexity index is 554.